The lowest BCUT2D eigenvalue weighted by Gasteiger charge is -2.21. The zero-order valence-corrected chi connectivity index (χ0v) is 17.7. The fourth-order valence-corrected chi connectivity index (χ4v) is 3.64. The summed E-state index contributed by atoms with van der Waals surface area (Å²) in [6.45, 7) is 6.04. The summed E-state index contributed by atoms with van der Waals surface area (Å²) in [5.74, 6) is -0.976. The molecule has 6 atom stereocenters. The van der Waals surface area contributed by atoms with E-state index in [9.17, 15) is 15.0 Å². The van der Waals surface area contributed by atoms with Crippen molar-refractivity contribution in [1.29, 1.82) is 0 Å². The molecule has 0 spiro atoms. The number of carboxylic acid groups (broad SMARTS) is 1. The molecule has 29 heavy (non-hydrogen) atoms. The van der Waals surface area contributed by atoms with E-state index < -0.39 is 18.2 Å². The van der Waals surface area contributed by atoms with Gasteiger partial charge in [0.15, 0.2) is 0 Å². The number of aliphatic carboxylic acids is 1. The van der Waals surface area contributed by atoms with Gasteiger partial charge in [-0.1, -0.05) is 48.0 Å². The minimum atomic E-state index is -0.802. The number of carbonyl (C=O) groups is 1. The van der Waals surface area contributed by atoms with Crippen LogP contribution in [-0.2, 0) is 4.79 Å². The van der Waals surface area contributed by atoms with E-state index in [4.69, 9.17) is 10.6 Å². The fourth-order valence-electron chi connectivity index (χ4n) is 3.64. The van der Waals surface area contributed by atoms with Crippen molar-refractivity contribution in [3.8, 4) is 0 Å². The molecule has 1 saturated carbocycles. The summed E-state index contributed by atoms with van der Waals surface area (Å²) in [7, 11) is 0. The Kier molecular flexibility index (Phi) is 11.4. The number of hydrogen-bond acceptors (Lipinski definition) is 4. The first kappa shape index (κ1) is 25.0. The molecule has 1 rings (SSSR count). The van der Waals surface area contributed by atoms with Crippen LogP contribution in [0.1, 0.15) is 59.3 Å². The summed E-state index contributed by atoms with van der Waals surface area (Å²) >= 11 is 0. The second-order valence-electron chi connectivity index (χ2n) is 8.18. The van der Waals surface area contributed by atoms with Crippen molar-refractivity contribution in [2.45, 2.75) is 77.5 Å². The van der Waals surface area contributed by atoms with Crippen LogP contribution < -0.4 is 0 Å². The number of aliphatic hydroxyl groups is 2. The van der Waals surface area contributed by atoms with Crippen LogP contribution >= 0.6 is 0 Å². The topological polar surface area (TPSA) is 127 Å². The van der Waals surface area contributed by atoms with Gasteiger partial charge in [-0.3, -0.25) is 4.79 Å². The quantitative estimate of drug-likeness (QED) is 0.142. The van der Waals surface area contributed by atoms with E-state index >= 15 is 0 Å². The Bertz CT molecular complexity index is 648. The van der Waals surface area contributed by atoms with Crippen LogP contribution in [0, 0.1) is 17.8 Å². The zero-order valence-electron chi connectivity index (χ0n) is 17.7. The minimum Gasteiger partial charge on any atom is -0.481 e. The summed E-state index contributed by atoms with van der Waals surface area (Å²) in [4.78, 5) is 13.5. The SMILES string of the molecule is CC(C)=CCC(C)[C@@H](O)/C=C/[C@@H]1[C@@H](C/C=C\CCCC(=O)O)[C@@H](N=[N+]=[N-])C[C@H]1O. The van der Waals surface area contributed by atoms with Crippen molar-refractivity contribution >= 4 is 5.97 Å². The van der Waals surface area contributed by atoms with Crippen LogP contribution in [0.15, 0.2) is 41.1 Å². The average molecular weight is 406 g/mol. The molecule has 0 aromatic rings. The number of carboxylic acids is 1. The Labute approximate surface area is 173 Å². The molecule has 1 aliphatic rings. The van der Waals surface area contributed by atoms with Gasteiger partial charge >= 0.3 is 5.97 Å². The van der Waals surface area contributed by atoms with E-state index in [1.807, 2.05) is 39.0 Å². The van der Waals surface area contributed by atoms with Crippen molar-refractivity contribution < 1.29 is 20.1 Å². The highest BCUT2D eigenvalue weighted by Gasteiger charge is 2.40. The fraction of sp³-hybridized carbons (Fsp3) is 0.682. The molecular formula is C22H35N3O4. The largest absolute Gasteiger partial charge is 0.481 e. The molecule has 3 N–H and O–H groups in total. The molecule has 0 saturated heterocycles. The lowest BCUT2D eigenvalue weighted by atomic mass is 9.88. The predicted molar refractivity (Wildman–Crippen MR) is 114 cm³/mol. The molecule has 0 amide bonds. The number of aliphatic hydroxyl groups excluding tert-OH is 2. The molecule has 7 nitrogen and oxygen atoms in total. The molecule has 1 unspecified atom stereocenters. The smallest absolute Gasteiger partial charge is 0.303 e. The third kappa shape index (κ3) is 9.31. The van der Waals surface area contributed by atoms with Crippen molar-refractivity contribution in [1.82, 2.24) is 0 Å². The lowest BCUT2D eigenvalue weighted by Crippen LogP contribution is -2.21. The maximum Gasteiger partial charge on any atom is 0.303 e. The lowest BCUT2D eigenvalue weighted by molar-refractivity contribution is -0.137. The second-order valence-corrected chi connectivity index (χ2v) is 8.18. The molecule has 162 valence electrons. The maximum atomic E-state index is 10.6. The standard InChI is InChI=1S/C22H35N3O4/c1-15(2)10-11-16(3)20(26)13-12-18-17(19(24-25-23)14-21(18)27)8-6-4-5-7-9-22(28)29/h4,6,10,12-13,16-21,26-27H,5,7-9,11,14H2,1-3H3,(H,28,29)/b6-4-,13-12+/t16?,17-,18-,19+,20+,21-/m1/s1. The van der Waals surface area contributed by atoms with Crippen LogP contribution in [0.25, 0.3) is 10.4 Å². The Morgan fingerprint density at radius 3 is 2.69 bits per heavy atom. The second kappa shape index (κ2) is 13.2. The molecule has 0 aromatic carbocycles. The summed E-state index contributed by atoms with van der Waals surface area (Å²) in [5.41, 5.74) is 10.1. The van der Waals surface area contributed by atoms with Crippen molar-refractivity contribution in [2.24, 2.45) is 22.9 Å². The van der Waals surface area contributed by atoms with E-state index in [2.05, 4.69) is 16.1 Å². The van der Waals surface area contributed by atoms with E-state index in [0.717, 1.165) is 6.42 Å². The molecule has 0 heterocycles. The van der Waals surface area contributed by atoms with E-state index in [0.29, 0.717) is 25.7 Å². The van der Waals surface area contributed by atoms with E-state index in [1.165, 1.54) is 5.57 Å². The van der Waals surface area contributed by atoms with Gasteiger partial charge in [0.05, 0.1) is 12.2 Å². The third-order valence-electron chi connectivity index (χ3n) is 5.46. The molecule has 1 aliphatic carbocycles. The maximum absolute atomic E-state index is 10.6. The molecular weight excluding hydrogens is 370 g/mol. The van der Waals surface area contributed by atoms with Gasteiger partial charge in [0.2, 0.25) is 0 Å². The van der Waals surface area contributed by atoms with Gasteiger partial charge in [-0.15, -0.1) is 0 Å². The summed E-state index contributed by atoms with van der Waals surface area (Å²) < 4.78 is 0. The predicted octanol–water partition coefficient (Wildman–Crippen LogP) is 4.77. The molecule has 0 radical (unpaired) electrons. The third-order valence-corrected chi connectivity index (χ3v) is 5.46. The van der Waals surface area contributed by atoms with Crippen molar-refractivity contribution in [3.63, 3.8) is 0 Å². The van der Waals surface area contributed by atoms with E-state index in [1.54, 1.807) is 6.08 Å². The minimum absolute atomic E-state index is 0.0480. The van der Waals surface area contributed by atoms with Crippen molar-refractivity contribution in [3.05, 3.63) is 46.4 Å². The Hall–Kier alpha value is -2.08. The highest BCUT2D eigenvalue weighted by Crippen LogP contribution is 2.38. The highest BCUT2D eigenvalue weighted by atomic mass is 16.4. The van der Waals surface area contributed by atoms with Crippen molar-refractivity contribution in [2.75, 3.05) is 0 Å². The molecule has 0 aromatic heterocycles. The Morgan fingerprint density at radius 1 is 1.34 bits per heavy atom. The van der Waals surface area contributed by atoms with Crippen LogP contribution in [0.2, 0.25) is 0 Å². The number of nitrogens with zero attached hydrogens (tertiary/aromatic N) is 3. The van der Waals surface area contributed by atoms with Gasteiger partial charge in [-0.2, -0.15) is 0 Å². The number of hydrogen-bond donors (Lipinski definition) is 3. The van der Waals surface area contributed by atoms with Gasteiger partial charge < -0.3 is 15.3 Å². The Morgan fingerprint density at radius 2 is 2.07 bits per heavy atom. The van der Waals surface area contributed by atoms with Gasteiger partial charge in [0, 0.05) is 23.3 Å². The van der Waals surface area contributed by atoms with Gasteiger partial charge in [0.25, 0.3) is 0 Å². The average Bonchev–Trinajstić information content (AvgIpc) is 2.95. The summed E-state index contributed by atoms with van der Waals surface area (Å²) in [5, 5.41) is 33.4. The molecule has 0 aliphatic heterocycles. The summed E-state index contributed by atoms with van der Waals surface area (Å²) in [6.07, 6.45) is 11.6. The van der Waals surface area contributed by atoms with Gasteiger partial charge in [-0.25, -0.2) is 0 Å². The van der Waals surface area contributed by atoms with Gasteiger partial charge in [-0.05, 0) is 63.3 Å². The first-order valence-corrected chi connectivity index (χ1v) is 10.3. The van der Waals surface area contributed by atoms with Crippen LogP contribution in [-0.4, -0.2) is 39.5 Å². The monoisotopic (exact) mass is 405 g/mol. The van der Waals surface area contributed by atoms with Gasteiger partial charge in [0.1, 0.15) is 0 Å². The first-order valence-electron chi connectivity index (χ1n) is 10.3. The number of azide groups is 1. The summed E-state index contributed by atoms with van der Waals surface area (Å²) in [6, 6.07) is -0.298. The molecule has 1 fully saturated rings. The molecule has 7 heteroatoms. The zero-order chi connectivity index (χ0) is 21.8. The first-order chi connectivity index (χ1) is 13.8. The van der Waals surface area contributed by atoms with Crippen LogP contribution in [0.3, 0.4) is 0 Å². The highest BCUT2D eigenvalue weighted by molar-refractivity contribution is 5.66. The molecule has 0 bridgehead atoms. The normalized spacial score (nSPS) is 26.4. The van der Waals surface area contributed by atoms with Crippen LogP contribution in [0.4, 0.5) is 0 Å². The Balaban J connectivity index is 2.75. The number of allylic oxidation sites excluding steroid dienone is 4. The number of rotatable bonds is 12. The van der Waals surface area contributed by atoms with E-state index in [-0.39, 0.29) is 30.2 Å². The number of unbranched alkanes of at least 4 members (excludes halogenated alkanes) is 1. The van der Waals surface area contributed by atoms with Crippen LogP contribution in [0.5, 0.6) is 0 Å².